The molecule has 0 amide bonds. The Morgan fingerprint density at radius 3 is 2.15 bits per heavy atom. The normalized spacial score (nSPS) is 12.2. The van der Waals surface area contributed by atoms with Crippen molar-refractivity contribution < 1.29 is 21.6 Å². The van der Waals surface area contributed by atoms with Crippen molar-refractivity contribution in [3.63, 3.8) is 0 Å². The Hall–Kier alpha value is -2.67. The van der Waals surface area contributed by atoms with Crippen LogP contribution in [0.15, 0.2) is 47.6 Å². The molecule has 2 aromatic carbocycles. The van der Waals surface area contributed by atoms with Crippen LogP contribution in [0.2, 0.25) is 10.0 Å². The average molecular weight is 534 g/mol. The van der Waals surface area contributed by atoms with E-state index in [0.29, 0.717) is 20.9 Å². The summed E-state index contributed by atoms with van der Waals surface area (Å²) in [5, 5.41) is 6.32. The molecule has 14 heteroatoms. The highest BCUT2D eigenvalue weighted by Crippen LogP contribution is 2.37. The molecule has 0 saturated heterocycles. The van der Waals surface area contributed by atoms with Crippen LogP contribution < -0.4 is 10.6 Å². The third kappa shape index (κ3) is 5.13. The Labute approximate surface area is 199 Å². The third-order valence-corrected chi connectivity index (χ3v) is 6.58. The Morgan fingerprint density at radius 2 is 1.58 bits per heavy atom. The first-order chi connectivity index (χ1) is 15.4. The Bertz CT molecular complexity index is 1440. The molecule has 0 saturated carbocycles. The van der Waals surface area contributed by atoms with Gasteiger partial charge in [-0.25, -0.2) is 18.4 Å². The van der Waals surface area contributed by atoms with Crippen LogP contribution in [0.5, 0.6) is 0 Å². The number of sulfone groups is 1. The number of hydrogen-bond acceptors (Lipinski definition) is 8. The molecule has 33 heavy (non-hydrogen) atoms. The second kappa shape index (κ2) is 8.60. The van der Waals surface area contributed by atoms with E-state index >= 15 is 0 Å². The van der Waals surface area contributed by atoms with Crippen molar-refractivity contribution in [3.05, 3.63) is 58.1 Å². The van der Waals surface area contributed by atoms with E-state index in [1.165, 1.54) is 12.1 Å². The highest BCUT2D eigenvalue weighted by molar-refractivity contribution is 7.90. The number of para-hydroxylation sites is 1. The SMILES string of the molecule is CS(=O)(=O)c1nc(Nc2ccc(C(F)(F)F)cc2)c2nc(Nc3c(Cl)cccc3Cl)sc2n1. The molecule has 0 radical (unpaired) electrons. The van der Waals surface area contributed by atoms with Gasteiger partial charge in [0.25, 0.3) is 0 Å². The maximum Gasteiger partial charge on any atom is 0.416 e. The van der Waals surface area contributed by atoms with Crippen LogP contribution in [0.1, 0.15) is 5.56 Å². The summed E-state index contributed by atoms with van der Waals surface area (Å²) >= 11 is 13.4. The van der Waals surface area contributed by atoms with Gasteiger partial charge in [0.15, 0.2) is 15.8 Å². The molecule has 0 aliphatic heterocycles. The second-order valence-electron chi connectivity index (χ2n) is 6.72. The molecule has 172 valence electrons. The maximum absolute atomic E-state index is 12.8. The number of anilines is 4. The lowest BCUT2D eigenvalue weighted by atomic mass is 10.2. The quantitative estimate of drug-likeness (QED) is 0.290. The number of aromatic nitrogens is 3. The lowest BCUT2D eigenvalue weighted by Gasteiger charge is -2.10. The highest BCUT2D eigenvalue weighted by atomic mass is 35.5. The Kier molecular flexibility index (Phi) is 6.12. The summed E-state index contributed by atoms with van der Waals surface area (Å²) < 4.78 is 62.7. The van der Waals surface area contributed by atoms with Crippen molar-refractivity contribution >= 4 is 77.0 Å². The molecule has 7 nitrogen and oxygen atoms in total. The van der Waals surface area contributed by atoms with Crippen molar-refractivity contribution in [2.75, 3.05) is 16.9 Å². The van der Waals surface area contributed by atoms with Gasteiger partial charge in [0, 0.05) is 11.9 Å². The summed E-state index contributed by atoms with van der Waals surface area (Å²) in [4.78, 5) is 12.7. The molecule has 0 spiro atoms. The molecule has 0 fully saturated rings. The summed E-state index contributed by atoms with van der Waals surface area (Å²) in [5.41, 5.74) is 0.0278. The molecular formula is C19H12Cl2F3N5O2S2. The van der Waals surface area contributed by atoms with Gasteiger partial charge in [-0.15, -0.1) is 0 Å². The van der Waals surface area contributed by atoms with E-state index in [1.54, 1.807) is 18.2 Å². The van der Waals surface area contributed by atoms with Crippen LogP contribution in [0, 0.1) is 0 Å². The molecule has 0 aliphatic carbocycles. The van der Waals surface area contributed by atoms with Crippen LogP contribution in [0.3, 0.4) is 0 Å². The Morgan fingerprint density at radius 1 is 0.939 bits per heavy atom. The Balaban J connectivity index is 1.77. The number of rotatable bonds is 5. The van der Waals surface area contributed by atoms with E-state index < -0.39 is 26.7 Å². The average Bonchev–Trinajstić information content (AvgIpc) is 3.13. The van der Waals surface area contributed by atoms with Crippen LogP contribution in [0.4, 0.5) is 35.5 Å². The zero-order valence-electron chi connectivity index (χ0n) is 16.4. The van der Waals surface area contributed by atoms with Gasteiger partial charge >= 0.3 is 6.18 Å². The van der Waals surface area contributed by atoms with Gasteiger partial charge in [-0.3, -0.25) is 0 Å². The topological polar surface area (TPSA) is 96.9 Å². The van der Waals surface area contributed by atoms with Crippen molar-refractivity contribution in [1.29, 1.82) is 0 Å². The first kappa shape index (κ1) is 23.5. The summed E-state index contributed by atoms with van der Waals surface area (Å²) in [6, 6.07) is 9.11. The summed E-state index contributed by atoms with van der Waals surface area (Å²) in [7, 11) is -3.79. The first-order valence-corrected chi connectivity index (χ1v) is 12.4. The number of fused-ring (bicyclic) bond motifs is 1. The molecule has 2 N–H and O–H groups in total. The van der Waals surface area contributed by atoms with Crippen molar-refractivity contribution in [2.45, 2.75) is 11.3 Å². The molecule has 0 unspecified atom stereocenters. The smallest absolute Gasteiger partial charge is 0.338 e. The van der Waals surface area contributed by atoms with Gasteiger partial charge < -0.3 is 10.6 Å². The minimum Gasteiger partial charge on any atom is -0.338 e. The zero-order chi connectivity index (χ0) is 24.0. The monoisotopic (exact) mass is 533 g/mol. The van der Waals surface area contributed by atoms with Crippen LogP contribution in [0.25, 0.3) is 10.3 Å². The highest BCUT2D eigenvalue weighted by Gasteiger charge is 2.30. The predicted molar refractivity (Wildman–Crippen MR) is 123 cm³/mol. The van der Waals surface area contributed by atoms with Crippen molar-refractivity contribution in [1.82, 2.24) is 15.0 Å². The van der Waals surface area contributed by atoms with Gasteiger partial charge in [0.2, 0.25) is 15.0 Å². The summed E-state index contributed by atoms with van der Waals surface area (Å²) in [5.74, 6) is 0.00902. The number of alkyl halides is 3. The first-order valence-electron chi connectivity index (χ1n) is 8.96. The number of thiazole rings is 1. The fourth-order valence-corrected chi connectivity index (χ4v) is 4.62. The number of nitrogens with zero attached hydrogens (tertiary/aromatic N) is 3. The molecule has 4 rings (SSSR count). The van der Waals surface area contributed by atoms with E-state index in [4.69, 9.17) is 23.2 Å². The predicted octanol–water partition coefficient (Wildman–Crippen LogP) is 6.30. The van der Waals surface area contributed by atoms with Gasteiger partial charge in [0.1, 0.15) is 5.52 Å². The van der Waals surface area contributed by atoms with E-state index in [0.717, 1.165) is 29.7 Å². The van der Waals surface area contributed by atoms with Gasteiger partial charge in [-0.2, -0.15) is 18.2 Å². The van der Waals surface area contributed by atoms with Crippen LogP contribution >= 0.6 is 34.5 Å². The van der Waals surface area contributed by atoms with Crippen LogP contribution in [-0.4, -0.2) is 29.6 Å². The van der Waals surface area contributed by atoms with E-state index in [-0.39, 0.29) is 21.9 Å². The lowest BCUT2D eigenvalue weighted by Crippen LogP contribution is -2.07. The number of hydrogen-bond donors (Lipinski definition) is 2. The van der Waals surface area contributed by atoms with Gasteiger partial charge in [-0.1, -0.05) is 40.6 Å². The minimum absolute atomic E-state index is 0.00902. The molecular weight excluding hydrogens is 522 g/mol. The molecule has 4 aromatic rings. The van der Waals surface area contributed by atoms with Crippen molar-refractivity contribution in [3.8, 4) is 0 Å². The summed E-state index contributed by atoms with van der Waals surface area (Å²) in [6.45, 7) is 0. The standard InChI is InChI=1S/C19H12Cl2F3N5O2S2/c1-33(30,31)18-28-15(25-10-7-5-9(6-8-10)19(22,23)24)14-16(29-18)32-17(27-14)26-13-11(20)3-2-4-12(13)21/h2-8H,1H3,(H,26,27)(H,25,28,29). The molecule has 2 aromatic heterocycles. The fourth-order valence-electron chi connectivity index (χ4n) is 2.71. The largest absolute Gasteiger partial charge is 0.416 e. The maximum atomic E-state index is 12.8. The molecule has 0 bridgehead atoms. The fraction of sp³-hybridized carbons (Fsp3) is 0.105. The number of benzene rings is 2. The van der Waals surface area contributed by atoms with Crippen molar-refractivity contribution in [2.24, 2.45) is 0 Å². The van der Waals surface area contributed by atoms with E-state index in [2.05, 4.69) is 25.6 Å². The number of halogens is 5. The number of nitrogens with one attached hydrogen (secondary N) is 2. The lowest BCUT2D eigenvalue weighted by molar-refractivity contribution is -0.137. The third-order valence-electron chi connectivity index (χ3n) is 4.24. The molecule has 2 heterocycles. The van der Waals surface area contributed by atoms with Gasteiger partial charge in [0.05, 0.1) is 21.3 Å². The summed E-state index contributed by atoms with van der Waals surface area (Å²) in [6.07, 6.45) is -3.54. The van der Waals surface area contributed by atoms with Gasteiger partial charge in [-0.05, 0) is 36.4 Å². The zero-order valence-corrected chi connectivity index (χ0v) is 19.6. The molecule has 0 aliphatic rings. The van der Waals surface area contributed by atoms with E-state index in [9.17, 15) is 21.6 Å². The van der Waals surface area contributed by atoms with Crippen LogP contribution in [-0.2, 0) is 16.0 Å². The van der Waals surface area contributed by atoms with E-state index in [1.807, 2.05) is 0 Å². The second-order valence-corrected chi connectivity index (χ2v) is 10.4. The minimum atomic E-state index is -4.49. The molecule has 0 atom stereocenters.